The van der Waals surface area contributed by atoms with Gasteiger partial charge in [0.15, 0.2) is 0 Å². The molecule has 4 heteroatoms. The first kappa shape index (κ1) is 16.2. The van der Waals surface area contributed by atoms with Gasteiger partial charge in [-0.1, -0.05) is 41.1 Å². The van der Waals surface area contributed by atoms with Gasteiger partial charge in [-0.25, -0.2) is 0 Å². The highest BCUT2D eigenvalue weighted by Crippen LogP contribution is 2.20. The summed E-state index contributed by atoms with van der Waals surface area (Å²) in [5.74, 6) is 0. The highest BCUT2D eigenvalue weighted by atomic mass is 79.9. The lowest BCUT2D eigenvalue weighted by Crippen LogP contribution is -2.33. The van der Waals surface area contributed by atoms with Crippen molar-refractivity contribution in [3.05, 3.63) is 51.3 Å². The van der Waals surface area contributed by atoms with Crippen LogP contribution in [0.2, 0.25) is 0 Å². The van der Waals surface area contributed by atoms with Crippen molar-refractivity contribution in [3.63, 3.8) is 0 Å². The number of benzene rings is 1. The van der Waals surface area contributed by atoms with Gasteiger partial charge >= 0.3 is 0 Å². The second-order valence-corrected chi connectivity index (χ2v) is 6.38. The number of aromatic nitrogens is 2. The molecule has 0 fully saturated rings. The van der Waals surface area contributed by atoms with E-state index in [2.05, 4.69) is 71.4 Å². The third kappa shape index (κ3) is 3.95. The van der Waals surface area contributed by atoms with Gasteiger partial charge in [-0.2, -0.15) is 5.10 Å². The molecular formula is C17H24BrN3. The Hall–Kier alpha value is -1.13. The molecule has 1 heterocycles. The molecule has 1 atom stereocenters. The number of hydrogen-bond donors (Lipinski definition) is 1. The first-order valence-corrected chi connectivity index (χ1v) is 8.28. The summed E-state index contributed by atoms with van der Waals surface area (Å²) in [4.78, 5) is 0. The summed E-state index contributed by atoms with van der Waals surface area (Å²) in [5.41, 5.74) is 5.13. The van der Waals surface area contributed by atoms with E-state index in [1.54, 1.807) is 0 Å². The number of aryl methyl sites for hydroxylation is 2. The fraction of sp³-hybridized carbons (Fsp3) is 0.471. The topological polar surface area (TPSA) is 29.9 Å². The molecule has 1 unspecified atom stereocenters. The van der Waals surface area contributed by atoms with Crippen molar-refractivity contribution in [1.29, 1.82) is 0 Å². The Bertz CT molecular complexity index is 604. The van der Waals surface area contributed by atoms with Crippen molar-refractivity contribution in [2.45, 2.75) is 39.7 Å². The van der Waals surface area contributed by atoms with Gasteiger partial charge in [0, 0.05) is 23.3 Å². The Kier molecular flexibility index (Phi) is 5.59. The fourth-order valence-corrected chi connectivity index (χ4v) is 3.24. The summed E-state index contributed by atoms with van der Waals surface area (Å²) in [5, 5.41) is 8.14. The van der Waals surface area contributed by atoms with E-state index in [0.29, 0.717) is 6.04 Å². The Morgan fingerprint density at radius 1 is 1.24 bits per heavy atom. The summed E-state index contributed by atoms with van der Waals surface area (Å²) in [6.07, 6.45) is 2.03. The minimum Gasteiger partial charge on any atom is -0.314 e. The Morgan fingerprint density at radius 2 is 1.95 bits per heavy atom. The van der Waals surface area contributed by atoms with E-state index in [4.69, 9.17) is 0 Å². The second kappa shape index (κ2) is 7.23. The van der Waals surface area contributed by atoms with Crippen molar-refractivity contribution in [3.8, 4) is 0 Å². The van der Waals surface area contributed by atoms with Crippen molar-refractivity contribution in [1.82, 2.24) is 15.1 Å². The fourth-order valence-electron chi connectivity index (χ4n) is 2.79. The van der Waals surface area contributed by atoms with Crippen LogP contribution in [0.4, 0.5) is 0 Å². The predicted molar refractivity (Wildman–Crippen MR) is 91.7 cm³/mol. The lowest BCUT2D eigenvalue weighted by molar-refractivity contribution is 0.518. The van der Waals surface area contributed by atoms with Crippen LogP contribution in [0, 0.1) is 13.8 Å². The minimum atomic E-state index is 0.426. The largest absolute Gasteiger partial charge is 0.314 e. The van der Waals surface area contributed by atoms with E-state index in [0.717, 1.165) is 25.1 Å². The van der Waals surface area contributed by atoms with Crippen molar-refractivity contribution < 1.29 is 0 Å². The van der Waals surface area contributed by atoms with E-state index < -0.39 is 0 Å². The van der Waals surface area contributed by atoms with E-state index in [-0.39, 0.29) is 0 Å². The smallest absolute Gasteiger partial charge is 0.0628 e. The number of nitrogens with one attached hydrogen (secondary N) is 1. The molecule has 2 rings (SSSR count). The summed E-state index contributed by atoms with van der Waals surface area (Å²) in [7, 11) is 2.02. The standard InChI is InChI=1S/C17H24BrN3/c1-5-19-15(10-14-8-6-7-9-17(14)18)11-16-12(2)20-21(4)13(16)3/h6-9,15,19H,5,10-11H2,1-4H3. The molecule has 0 spiro atoms. The zero-order chi connectivity index (χ0) is 15.4. The zero-order valence-electron chi connectivity index (χ0n) is 13.3. The van der Waals surface area contributed by atoms with Crippen molar-refractivity contribution in [2.75, 3.05) is 6.54 Å². The number of rotatable bonds is 6. The maximum atomic E-state index is 4.53. The van der Waals surface area contributed by atoms with E-state index >= 15 is 0 Å². The predicted octanol–water partition coefficient (Wildman–Crippen LogP) is 3.56. The zero-order valence-corrected chi connectivity index (χ0v) is 14.9. The normalized spacial score (nSPS) is 12.6. The third-order valence-electron chi connectivity index (χ3n) is 4.03. The lowest BCUT2D eigenvalue weighted by atomic mass is 9.98. The first-order chi connectivity index (χ1) is 10.0. The van der Waals surface area contributed by atoms with Gasteiger partial charge in [0.05, 0.1) is 5.69 Å². The molecule has 1 aromatic heterocycles. The van der Waals surface area contributed by atoms with Crippen LogP contribution in [0.15, 0.2) is 28.7 Å². The molecule has 1 N–H and O–H groups in total. The number of likely N-dealkylation sites (N-methyl/N-ethyl adjacent to an activating group) is 1. The summed E-state index contributed by atoms with van der Waals surface area (Å²) >= 11 is 3.65. The second-order valence-electron chi connectivity index (χ2n) is 5.53. The summed E-state index contributed by atoms with van der Waals surface area (Å²) in [6, 6.07) is 8.89. The molecule has 114 valence electrons. The van der Waals surface area contributed by atoms with E-state index in [1.165, 1.54) is 21.3 Å². The Balaban J connectivity index is 2.18. The number of hydrogen-bond acceptors (Lipinski definition) is 2. The Labute approximate surface area is 135 Å². The molecule has 0 aliphatic heterocycles. The molecule has 0 saturated heterocycles. The van der Waals surface area contributed by atoms with Crippen LogP contribution in [0.3, 0.4) is 0 Å². The molecule has 0 aliphatic rings. The average Bonchev–Trinajstić information content (AvgIpc) is 2.68. The highest BCUT2D eigenvalue weighted by Gasteiger charge is 2.16. The first-order valence-electron chi connectivity index (χ1n) is 7.48. The summed E-state index contributed by atoms with van der Waals surface area (Å²) in [6.45, 7) is 7.39. The molecule has 0 bridgehead atoms. The van der Waals surface area contributed by atoms with Gasteiger partial charge < -0.3 is 5.32 Å². The lowest BCUT2D eigenvalue weighted by Gasteiger charge is -2.19. The van der Waals surface area contributed by atoms with Crippen LogP contribution < -0.4 is 5.32 Å². The van der Waals surface area contributed by atoms with Gasteiger partial charge in [-0.05, 0) is 50.4 Å². The maximum absolute atomic E-state index is 4.53. The van der Waals surface area contributed by atoms with Gasteiger partial charge in [0.1, 0.15) is 0 Å². The van der Waals surface area contributed by atoms with Crippen LogP contribution in [0.1, 0.15) is 29.4 Å². The Morgan fingerprint density at radius 3 is 2.52 bits per heavy atom. The average molecular weight is 350 g/mol. The van der Waals surface area contributed by atoms with Gasteiger partial charge in [-0.15, -0.1) is 0 Å². The molecule has 0 radical (unpaired) electrons. The molecule has 3 nitrogen and oxygen atoms in total. The number of nitrogens with zero attached hydrogens (tertiary/aromatic N) is 2. The van der Waals surface area contributed by atoms with Crippen LogP contribution in [0.25, 0.3) is 0 Å². The van der Waals surface area contributed by atoms with Gasteiger partial charge in [0.25, 0.3) is 0 Å². The van der Waals surface area contributed by atoms with Gasteiger partial charge in [0.2, 0.25) is 0 Å². The molecular weight excluding hydrogens is 326 g/mol. The van der Waals surface area contributed by atoms with E-state index in [9.17, 15) is 0 Å². The van der Waals surface area contributed by atoms with Crippen molar-refractivity contribution in [2.24, 2.45) is 7.05 Å². The van der Waals surface area contributed by atoms with Crippen LogP contribution in [-0.2, 0) is 19.9 Å². The molecule has 2 aromatic rings. The molecule has 0 saturated carbocycles. The highest BCUT2D eigenvalue weighted by molar-refractivity contribution is 9.10. The number of halogens is 1. The van der Waals surface area contributed by atoms with Crippen LogP contribution in [0.5, 0.6) is 0 Å². The molecule has 1 aromatic carbocycles. The molecule has 0 amide bonds. The quantitative estimate of drug-likeness (QED) is 0.863. The van der Waals surface area contributed by atoms with Crippen LogP contribution >= 0.6 is 15.9 Å². The monoisotopic (exact) mass is 349 g/mol. The van der Waals surface area contributed by atoms with Crippen molar-refractivity contribution >= 4 is 15.9 Å². The molecule has 21 heavy (non-hydrogen) atoms. The SMILES string of the molecule is CCNC(Cc1ccccc1Br)Cc1c(C)nn(C)c1C. The third-order valence-corrected chi connectivity index (χ3v) is 4.80. The summed E-state index contributed by atoms with van der Waals surface area (Å²) < 4.78 is 3.17. The van der Waals surface area contributed by atoms with E-state index in [1.807, 2.05) is 11.7 Å². The maximum Gasteiger partial charge on any atom is 0.0628 e. The minimum absolute atomic E-state index is 0.426. The molecule has 0 aliphatic carbocycles. The van der Waals surface area contributed by atoms with Crippen LogP contribution in [-0.4, -0.2) is 22.4 Å². The van der Waals surface area contributed by atoms with Gasteiger partial charge in [-0.3, -0.25) is 4.68 Å².